The van der Waals surface area contributed by atoms with Crippen molar-refractivity contribution in [3.63, 3.8) is 0 Å². The fourth-order valence-electron chi connectivity index (χ4n) is 1.49. The summed E-state index contributed by atoms with van der Waals surface area (Å²) in [6, 6.07) is 0. The van der Waals surface area contributed by atoms with E-state index in [1.54, 1.807) is 0 Å². The first kappa shape index (κ1) is 15.9. The maximum Gasteiger partial charge on any atom is 0.0701 e. The van der Waals surface area contributed by atoms with Gasteiger partial charge in [0.2, 0.25) is 0 Å². The lowest BCUT2D eigenvalue weighted by molar-refractivity contribution is 0.0397. The van der Waals surface area contributed by atoms with Gasteiger partial charge in [0.1, 0.15) is 0 Å². The van der Waals surface area contributed by atoms with Gasteiger partial charge in [-0.15, -0.1) is 0 Å². The van der Waals surface area contributed by atoms with Gasteiger partial charge in [-0.25, -0.2) is 0 Å². The molecule has 16 heavy (non-hydrogen) atoms. The summed E-state index contributed by atoms with van der Waals surface area (Å²) in [6.07, 6.45) is 4.90. The molecule has 0 aromatic carbocycles. The molecule has 0 aliphatic heterocycles. The van der Waals surface area contributed by atoms with E-state index >= 15 is 0 Å². The van der Waals surface area contributed by atoms with Crippen molar-refractivity contribution in [1.82, 2.24) is 4.90 Å². The van der Waals surface area contributed by atoms with Gasteiger partial charge in [-0.1, -0.05) is 26.7 Å². The molecule has 0 fully saturated rings. The van der Waals surface area contributed by atoms with E-state index < -0.39 is 0 Å². The first-order valence-electron chi connectivity index (χ1n) is 6.65. The molecule has 3 heteroatoms. The molecular weight excluding hydrogens is 202 g/mol. The van der Waals surface area contributed by atoms with Gasteiger partial charge in [0.25, 0.3) is 0 Å². The molecule has 0 heterocycles. The van der Waals surface area contributed by atoms with Gasteiger partial charge >= 0.3 is 0 Å². The van der Waals surface area contributed by atoms with Crippen LogP contribution in [0.1, 0.15) is 39.5 Å². The minimum Gasteiger partial charge on any atom is -0.379 e. The summed E-state index contributed by atoms with van der Waals surface area (Å²) in [7, 11) is 2.13. The van der Waals surface area contributed by atoms with E-state index in [4.69, 9.17) is 9.47 Å². The summed E-state index contributed by atoms with van der Waals surface area (Å²) in [4.78, 5) is 2.29. The average molecular weight is 231 g/mol. The molecule has 0 saturated carbocycles. The summed E-state index contributed by atoms with van der Waals surface area (Å²) < 4.78 is 10.9. The van der Waals surface area contributed by atoms with Gasteiger partial charge < -0.3 is 14.4 Å². The average Bonchev–Trinajstić information content (AvgIpc) is 2.27. The molecule has 0 saturated heterocycles. The Bertz CT molecular complexity index is 131. The highest BCUT2D eigenvalue weighted by Gasteiger charge is 1.96. The Kier molecular flexibility index (Phi) is 12.9. The zero-order chi connectivity index (χ0) is 12.1. The zero-order valence-electron chi connectivity index (χ0n) is 11.3. The lowest BCUT2D eigenvalue weighted by atomic mass is 10.3. The highest BCUT2D eigenvalue weighted by atomic mass is 16.5. The minimum atomic E-state index is 0.728. The van der Waals surface area contributed by atoms with Gasteiger partial charge in [-0.2, -0.15) is 0 Å². The van der Waals surface area contributed by atoms with Gasteiger partial charge in [-0.05, 0) is 26.4 Å². The Morgan fingerprint density at radius 1 is 0.750 bits per heavy atom. The van der Waals surface area contributed by atoms with Gasteiger partial charge in [0.15, 0.2) is 0 Å². The van der Waals surface area contributed by atoms with E-state index in [1.807, 2.05) is 0 Å². The molecule has 0 rings (SSSR count). The molecule has 0 radical (unpaired) electrons. The third-order valence-electron chi connectivity index (χ3n) is 2.49. The van der Waals surface area contributed by atoms with Crippen molar-refractivity contribution in [2.24, 2.45) is 0 Å². The predicted octanol–water partition coefficient (Wildman–Crippen LogP) is 2.55. The van der Waals surface area contributed by atoms with Crippen LogP contribution >= 0.6 is 0 Å². The third-order valence-corrected chi connectivity index (χ3v) is 2.49. The Labute approximate surface area is 101 Å². The Hall–Kier alpha value is -0.120. The second-order valence-electron chi connectivity index (χ2n) is 4.24. The highest BCUT2D eigenvalue weighted by Crippen LogP contribution is 1.94. The lowest BCUT2D eigenvalue weighted by Gasteiger charge is -2.15. The number of ether oxygens (including phenoxy) is 2. The molecule has 0 bridgehead atoms. The molecule has 0 aliphatic carbocycles. The van der Waals surface area contributed by atoms with Crippen LogP contribution in [0.2, 0.25) is 0 Å². The molecule has 0 aromatic heterocycles. The molecule has 0 atom stereocenters. The molecule has 0 aromatic rings. The molecular formula is C13H29NO2. The Morgan fingerprint density at radius 3 is 2.06 bits per heavy atom. The minimum absolute atomic E-state index is 0.728. The molecule has 0 N–H and O–H groups in total. The topological polar surface area (TPSA) is 21.7 Å². The second kappa shape index (κ2) is 12.9. The number of likely N-dealkylation sites (N-methyl/N-ethyl adjacent to an activating group) is 1. The van der Waals surface area contributed by atoms with E-state index in [0.29, 0.717) is 0 Å². The monoisotopic (exact) mass is 231 g/mol. The predicted molar refractivity (Wildman–Crippen MR) is 69.0 cm³/mol. The van der Waals surface area contributed by atoms with Crippen molar-refractivity contribution < 1.29 is 9.47 Å². The van der Waals surface area contributed by atoms with E-state index in [2.05, 4.69) is 25.8 Å². The summed E-state index contributed by atoms with van der Waals surface area (Å²) in [6.45, 7) is 9.73. The first-order valence-corrected chi connectivity index (χ1v) is 6.65. The lowest BCUT2D eigenvalue weighted by Crippen LogP contribution is -2.24. The maximum atomic E-state index is 5.49. The SMILES string of the molecule is CCCCCOCCOCCN(C)CCC. The smallest absolute Gasteiger partial charge is 0.0701 e. The number of hydrogen-bond acceptors (Lipinski definition) is 3. The van der Waals surface area contributed by atoms with Gasteiger partial charge in [0, 0.05) is 13.2 Å². The number of hydrogen-bond donors (Lipinski definition) is 0. The quantitative estimate of drug-likeness (QED) is 0.482. The molecule has 0 unspecified atom stereocenters. The van der Waals surface area contributed by atoms with Crippen LogP contribution in [0.15, 0.2) is 0 Å². The Balaban J connectivity index is 2.98. The fourth-order valence-corrected chi connectivity index (χ4v) is 1.49. The number of rotatable bonds is 12. The number of unbranched alkanes of at least 4 members (excludes halogenated alkanes) is 2. The van der Waals surface area contributed by atoms with Crippen LogP contribution in [0, 0.1) is 0 Å². The van der Waals surface area contributed by atoms with Crippen molar-refractivity contribution in [3.8, 4) is 0 Å². The van der Waals surface area contributed by atoms with Crippen LogP contribution in [0.3, 0.4) is 0 Å². The van der Waals surface area contributed by atoms with E-state index in [1.165, 1.54) is 25.7 Å². The molecule has 3 nitrogen and oxygen atoms in total. The highest BCUT2D eigenvalue weighted by molar-refractivity contribution is 4.47. The summed E-state index contributed by atoms with van der Waals surface area (Å²) in [5.74, 6) is 0. The summed E-state index contributed by atoms with van der Waals surface area (Å²) in [5, 5.41) is 0. The van der Waals surface area contributed by atoms with Crippen molar-refractivity contribution in [1.29, 1.82) is 0 Å². The Morgan fingerprint density at radius 2 is 1.44 bits per heavy atom. The second-order valence-corrected chi connectivity index (χ2v) is 4.24. The summed E-state index contributed by atoms with van der Waals surface area (Å²) >= 11 is 0. The van der Waals surface area contributed by atoms with Gasteiger partial charge in [-0.3, -0.25) is 0 Å². The molecule has 0 spiro atoms. The van der Waals surface area contributed by atoms with Crippen molar-refractivity contribution in [2.75, 3.05) is 46.6 Å². The molecule has 0 amide bonds. The van der Waals surface area contributed by atoms with Crippen molar-refractivity contribution >= 4 is 0 Å². The fraction of sp³-hybridized carbons (Fsp3) is 1.00. The standard InChI is InChI=1S/C13H29NO2/c1-4-6-7-10-15-12-13-16-11-9-14(3)8-5-2/h4-13H2,1-3H3. The molecule has 0 aliphatic rings. The third kappa shape index (κ3) is 12.0. The van der Waals surface area contributed by atoms with E-state index in [-0.39, 0.29) is 0 Å². The van der Waals surface area contributed by atoms with E-state index in [0.717, 1.165) is 39.5 Å². The number of nitrogens with zero attached hydrogens (tertiary/aromatic N) is 1. The van der Waals surface area contributed by atoms with Crippen LogP contribution in [-0.2, 0) is 9.47 Å². The maximum absolute atomic E-state index is 5.49. The summed E-state index contributed by atoms with van der Waals surface area (Å²) in [5.41, 5.74) is 0. The van der Waals surface area contributed by atoms with Crippen LogP contribution in [0.4, 0.5) is 0 Å². The van der Waals surface area contributed by atoms with Crippen LogP contribution < -0.4 is 0 Å². The van der Waals surface area contributed by atoms with Crippen LogP contribution in [0.5, 0.6) is 0 Å². The zero-order valence-corrected chi connectivity index (χ0v) is 11.3. The van der Waals surface area contributed by atoms with Crippen LogP contribution in [0.25, 0.3) is 0 Å². The molecule has 98 valence electrons. The largest absolute Gasteiger partial charge is 0.379 e. The first-order chi connectivity index (χ1) is 7.81. The normalized spacial score (nSPS) is 11.2. The van der Waals surface area contributed by atoms with Gasteiger partial charge in [0.05, 0.1) is 19.8 Å². The van der Waals surface area contributed by atoms with Crippen molar-refractivity contribution in [2.45, 2.75) is 39.5 Å². The van der Waals surface area contributed by atoms with E-state index in [9.17, 15) is 0 Å². The van der Waals surface area contributed by atoms with Crippen molar-refractivity contribution in [3.05, 3.63) is 0 Å². The van der Waals surface area contributed by atoms with Crippen LogP contribution in [-0.4, -0.2) is 51.5 Å².